The van der Waals surface area contributed by atoms with Crippen molar-refractivity contribution in [3.05, 3.63) is 58.5 Å². The quantitative estimate of drug-likeness (QED) is 0.748. The first-order chi connectivity index (χ1) is 9.31. The number of benzene rings is 1. The van der Waals surface area contributed by atoms with E-state index in [9.17, 15) is 0 Å². The van der Waals surface area contributed by atoms with Crippen LogP contribution in [0, 0.1) is 17.2 Å². The summed E-state index contributed by atoms with van der Waals surface area (Å²) in [6.07, 6.45) is 9.35. The number of allylic oxidation sites excluding steroid dienone is 4. The van der Waals surface area contributed by atoms with Gasteiger partial charge in [0.25, 0.3) is 0 Å². The average molecular weight is 247 g/mol. The van der Waals surface area contributed by atoms with Gasteiger partial charge in [0, 0.05) is 5.57 Å². The predicted molar refractivity (Wildman–Crippen MR) is 78.4 cm³/mol. The molecule has 0 amide bonds. The molecule has 1 aromatic carbocycles. The van der Waals surface area contributed by atoms with Gasteiger partial charge in [-0.2, -0.15) is 5.26 Å². The van der Waals surface area contributed by atoms with Gasteiger partial charge in [-0.3, -0.25) is 0 Å². The molecule has 1 atom stereocenters. The first-order valence-electron chi connectivity index (χ1n) is 6.92. The minimum Gasteiger partial charge on any atom is -0.192 e. The fraction of sp³-hybridized carbons (Fsp3) is 0.278. The zero-order chi connectivity index (χ0) is 13.2. The first kappa shape index (κ1) is 12.0. The fourth-order valence-electron chi connectivity index (χ4n) is 2.69. The van der Waals surface area contributed by atoms with Gasteiger partial charge in [0.2, 0.25) is 0 Å². The summed E-state index contributed by atoms with van der Waals surface area (Å²) in [6, 6.07) is 11.1. The van der Waals surface area contributed by atoms with Crippen LogP contribution in [0.4, 0.5) is 0 Å². The lowest BCUT2D eigenvalue weighted by atomic mass is 10.0. The Morgan fingerprint density at radius 1 is 1.16 bits per heavy atom. The maximum atomic E-state index is 8.82. The molecule has 2 aliphatic carbocycles. The molecule has 3 rings (SSSR count). The zero-order valence-corrected chi connectivity index (χ0v) is 11.2. The molecule has 0 heterocycles. The summed E-state index contributed by atoms with van der Waals surface area (Å²) in [5.74, 6) is 0.828. The summed E-state index contributed by atoms with van der Waals surface area (Å²) >= 11 is 0. The molecular formula is C18H17N. The highest BCUT2D eigenvalue weighted by Crippen LogP contribution is 2.40. The van der Waals surface area contributed by atoms with Crippen molar-refractivity contribution >= 4 is 11.1 Å². The van der Waals surface area contributed by atoms with Gasteiger partial charge in [0.1, 0.15) is 0 Å². The Labute approximate surface area is 113 Å². The third kappa shape index (κ3) is 2.39. The zero-order valence-electron chi connectivity index (χ0n) is 11.2. The van der Waals surface area contributed by atoms with Crippen molar-refractivity contribution in [3.63, 3.8) is 0 Å². The van der Waals surface area contributed by atoms with Crippen molar-refractivity contribution in [2.24, 2.45) is 5.92 Å². The molecule has 0 spiro atoms. The average Bonchev–Trinajstić information content (AvgIpc) is 3.27. The summed E-state index contributed by atoms with van der Waals surface area (Å²) in [7, 11) is 0. The number of nitriles is 1. The van der Waals surface area contributed by atoms with E-state index in [1.807, 2.05) is 12.2 Å². The third-order valence-corrected chi connectivity index (χ3v) is 4.05. The minimum atomic E-state index is 0.764. The van der Waals surface area contributed by atoms with Crippen LogP contribution in [0.2, 0.25) is 0 Å². The van der Waals surface area contributed by atoms with Crippen LogP contribution in [-0.2, 0) is 0 Å². The monoisotopic (exact) mass is 247 g/mol. The Hall–Kier alpha value is -2.07. The van der Waals surface area contributed by atoms with Crippen molar-refractivity contribution in [2.45, 2.75) is 26.2 Å². The molecule has 0 bridgehead atoms. The van der Waals surface area contributed by atoms with Crippen molar-refractivity contribution < 1.29 is 0 Å². The molecule has 0 N–H and O–H groups in total. The van der Waals surface area contributed by atoms with Gasteiger partial charge in [0.05, 0.1) is 6.07 Å². The van der Waals surface area contributed by atoms with Gasteiger partial charge < -0.3 is 0 Å². The molecule has 1 fully saturated rings. The van der Waals surface area contributed by atoms with E-state index in [4.69, 9.17) is 5.26 Å². The van der Waals surface area contributed by atoms with Gasteiger partial charge in [-0.05, 0) is 47.3 Å². The van der Waals surface area contributed by atoms with Crippen LogP contribution in [-0.4, -0.2) is 0 Å². The SMILES string of the molecule is CCC1CC1=c1ccc(=C2C=CC(C#N)=CC2)cc1. The normalized spacial score (nSPS) is 21.1. The molecule has 1 aromatic rings. The van der Waals surface area contributed by atoms with E-state index in [0.717, 1.165) is 17.9 Å². The summed E-state index contributed by atoms with van der Waals surface area (Å²) < 4.78 is 0. The van der Waals surface area contributed by atoms with Crippen LogP contribution in [0.3, 0.4) is 0 Å². The largest absolute Gasteiger partial charge is 0.192 e. The van der Waals surface area contributed by atoms with Crippen LogP contribution in [0.15, 0.2) is 48.1 Å². The maximum Gasteiger partial charge on any atom is 0.0988 e. The topological polar surface area (TPSA) is 23.8 Å². The second-order valence-electron chi connectivity index (χ2n) is 5.25. The lowest BCUT2D eigenvalue weighted by molar-refractivity contribution is 0.836. The maximum absolute atomic E-state index is 8.82. The highest BCUT2D eigenvalue weighted by Gasteiger charge is 2.27. The number of hydrogen-bond acceptors (Lipinski definition) is 1. The third-order valence-electron chi connectivity index (χ3n) is 4.05. The Balaban J connectivity index is 1.93. The number of rotatable bonds is 1. The summed E-state index contributed by atoms with van der Waals surface area (Å²) in [6.45, 7) is 2.26. The first-order valence-corrected chi connectivity index (χ1v) is 6.92. The van der Waals surface area contributed by atoms with E-state index < -0.39 is 0 Å². The molecule has 2 aliphatic rings. The van der Waals surface area contributed by atoms with E-state index in [1.165, 1.54) is 28.9 Å². The fourth-order valence-corrected chi connectivity index (χ4v) is 2.69. The molecule has 1 unspecified atom stereocenters. The van der Waals surface area contributed by atoms with Crippen molar-refractivity contribution in [3.8, 4) is 6.07 Å². The van der Waals surface area contributed by atoms with Crippen LogP contribution in [0.1, 0.15) is 26.2 Å². The van der Waals surface area contributed by atoms with Crippen LogP contribution in [0.25, 0.3) is 11.1 Å². The predicted octanol–water partition coefficient (Wildman–Crippen LogP) is 2.83. The summed E-state index contributed by atoms with van der Waals surface area (Å²) in [4.78, 5) is 0. The van der Waals surface area contributed by atoms with Gasteiger partial charge in [-0.25, -0.2) is 0 Å². The van der Waals surface area contributed by atoms with Crippen molar-refractivity contribution in [2.75, 3.05) is 0 Å². The van der Waals surface area contributed by atoms with Crippen molar-refractivity contribution in [1.29, 1.82) is 5.26 Å². The van der Waals surface area contributed by atoms with Crippen LogP contribution < -0.4 is 10.4 Å². The number of nitrogens with zero attached hydrogens (tertiary/aromatic N) is 1. The second-order valence-corrected chi connectivity index (χ2v) is 5.25. The van der Waals surface area contributed by atoms with Gasteiger partial charge in [-0.1, -0.05) is 48.9 Å². The molecule has 0 saturated heterocycles. The van der Waals surface area contributed by atoms with E-state index in [1.54, 1.807) is 5.57 Å². The molecule has 0 aromatic heterocycles. The number of hydrogen-bond donors (Lipinski definition) is 0. The molecule has 0 aliphatic heterocycles. The highest BCUT2D eigenvalue weighted by atomic mass is 14.3. The molecule has 1 saturated carbocycles. The van der Waals surface area contributed by atoms with Crippen LogP contribution >= 0.6 is 0 Å². The minimum absolute atomic E-state index is 0.764. The molecule has 19 heavy (non-hydrogen) atoms. The molecule has 1 heteroatoms. The van der Waals surface area contributed by atoms with E-state index in [-0.39, 0.29) is 0 Å². The smallest absolute Gasteiger partial charge is 0.0988 e. The summed E-state index contributed by atoms with van der Waals surface area (Å²) in [5, 5.41) is 11.5. The van der Waals surface area contributed by atoms with E-state index in [0.29, 0.717) is 0 Å². The molecule has 94 valence electrons. The Kier molecular flexibility index (Phi) is 3.09. The highest BCUT2D eigenvalue weighted by molar-refractivity contribution is 5.65. The van der Waals surface area contributed by atoms with E-state index in [2.05, 4.69) is 43.3 Å². The summed E-state index contributed by atoms with van der Waals surface area (Å²) in [5.41, 5.74) is 3.67. The van der Waals surface area contributed by atoms with Gasteiger partial charge >= 0.3 is 0 Å². The lowest BCUT2D eigenvalue weighted by Gasteiger charge is -2.04. The van der Waals surface area contributed by atoms with Crippen LogP contribution in [0.5, 0.6) is 0 Å². The van der Waals surface area contributed by atoms with E-state index >= 15 is 0 Å². The van der Waals surface area contributed by atoms with Gasteiger partial charge in [0.15, 0.2) is 0 Å². The molecular weight excluding hydrogens is 230 g/mol. The Morgan fingerprint density at radius 3 is 2.42 bits per heavy atom. The second kappa shape index (κ2) is 4.90. The Morgan fingerprint density at radius 2 is 1.89 bits per heavy atom. The molecule has 1 nitrogen and oxygen atoms in total. The molecule has 0 radical (unpaired) electrons. The lowest BCUT2D eigenvalue weighted by Crippen LogP contribution is -2.10. The van der Waals surface area contributed by atoms with Crippen molar-refractivity contribution in [1.82, 2.24) is 0 Å². The van der Waals surface area contributed by atoms with Gasteiger partial charge in [-0.15, -0.1) is 0 Å². The standard InChI is InChI=1S/C18H17N/c1-2-14-11-18(14)17-9-7-16(8-10-17)15-5-3-13(12-19)4-6-15/h3-5,7-10,14H,2,6,11H2,1H3. The Bertz CT molecular complexity index is 702.